The summed E-state index contributed by atoms with van der Waals surface area (Å²) in [4.78, 5) is 38.7. The molecule has 180 valence electrons. The highest BCUT2D eigenvalue weighted by Gasteiger charge is 2.19. The first-order valence-electron chi connectivity index (χ1n) is 11.1. The zero-order chi connectivity index (χ0) is 25.1. The van der Waals surface area contributed by atoms with Gasteiger partial charge in [-0.1, -0.05) is 25.5 Å². The van der Waals surface area contributed by atoms with Crippen LogP contribution in [0.2, 0.25) is 0 Å². The molecule has 0 heterocycles. The van der Waals surface area contributed by atoms with Crippen LogP contribution in [0.3, 0.4) is 0 Å². The second-order valence-electron chi connectivity index (χ2n) is 7.66. The Kier molecular flexibility index (Phi) is 10.0. The van der Waals surface area contributed by atoms with Crippen LogP contribution in [0.4, 0.5) is 0 Å². The number of amidine groups is 1. The summed E-state index contributed by atoms with van der Waals surface area (Å²) in [5, 5.41) is 7.40. The first-order valence-corrected chi connectivity index (χ1v) is 11.1. The van der Waals surface area contributed by atoms with E-state index in [2.05, 4.69) is 0 Å². The van der Waals surface area contributed by atoms with Gasteiger partial charge in [0.1, 0.15) is 18.1 Å². The summed E-state index contributed by atoms with van der Waals surface area (Å²) in [6.45, 7) is 6.09. The Morgan fingerprint density at radius 1 is 1.00 bits per heavy atom. The number of unbranched alkanes of at least 4 members (excludes halogenated alkanes) is 1. The maximum atomic E-state index is 12.9. The fourth-order valence-electron chi connectivity index (χ4n) is 3.11. The molecule has 0 radical (unpaired) electrons. The zero-order valence-corrected chi connectivity index (χ0v) is 19.8. The summed E-state index contributed by atoms with van der Waals surface area (Å²) in [6, 6.07) is 13.0. The van der Waals surface area contributed by atoms with Crippen molar-refractivity contribution in [3.05, 3.63) is 70.8 Å². The Morgan fingerprint density at radius 3 is 2.18 bits per heavy atom. The van der Waals surface area contributed by atoms with Crippen LogP contribution >= 0.6 is 0 Å². The van der Waals surface area contributed by atoms with Gasteiger partial charge in [-0.15, -0.1) is 0 Å². The molecule has 2 aromatic rings. The maximum absolute atomic E-state index is 12.9. The number of benzene rings is 2. The van der Waals surface area contributed by atoms with Crippen LogP contribution in [-0.4, -0.2) is 48.3 Å². The number of ether oxygens (including phenoxy) is 2. The van der Waals surface area contributed by atoms with Crippen LogP contribution < -0.4 is 10.5 Å². The van der Waals surface area contributed by atoms with Gasteiger partial charge < -0.3 is 20.1 Å². The first kappa shape index (κ1) is 26.3. The number of nitrogen functional groups attached to an aromatic ring is 1. The van der Waals surface area contributed by atoms with Gasteiger partial charge in [0.15, 0.2) is 0 Å². The average Bonchev–Trinajstić information content (AvgIpc) is 2.82. The number of carbonyl (C=O) groups excluding carboxylic acids is 3. The van der Waals surface area contributed by atoms with E-state index in [0.717, 1.165) is 18.4 Å². The monoisotopic (exact) mass is 465 g/mol. The van der Waals surface area contributed by atoms with E-state index in [0.29, 0.717) is 29.0 Å². The summed E-state index contributed by atoms with van der Waals surface area (Å²) in [5.74, 6) is -0.921. The summed E-state index contributed by atoms with van der Waals surface area (Å²) in [7, 11) is 0. The molecule has 0 bridgehead atoms. The first-order chi connectivity index (χ1) is 16.2. The molecular formula is C26H31N3O5. The minimum absolute atomic E-state index is 0.0651. The van der Waals surface area contributed by atoms with Gasteiger partial charge >= 0.3 is 11.9 Å². The normalized spacial score (nSPS) is 11.0. The van der Waals surface area contributed by atoms with Crippen LogP contribution in [-0.2, 0) is 14.3 Å². The number of carbonyl (C=O) groups is 3. The number of rotatable bonds is 11. The fourth-order valence-corrected chi connectivity index (χ4v) is 3.11. The van der Waals surface area contributed by atoms with Gasteiger partial charge in [0.2, 0.25) is 5.91 Å². The number of nitrogens with one attached hydrogen (secondary N) is 1. The van der Waals surface area contributed by atoms with E-state index < -0.39 is 11.9 Å². The molecule has 0 unspecified atom stereocenters. The molecule has 2 aromatic carbocycles. The predicted octanol–water partition coefficient (Wildman–Crippen LogP) is 3.78. The van der Waals surface area contributed by atoms with E-state index in [9.17, 15) is 14.4 Å². The van der Waals surface area contributed by atoms with Crippen LogP contribution in [0, 0.1) is 5.41 Å². The predicted molar refractivity (Wildman–Crippen MR) is 131 cm³/mol. The molecule has 8 nitrogen and oxygen atoms in total. The van der Waals surface area contributed by atoms with Crippen molar-refractivity contribution < 1.29 is 23.9 Å². The van der Waals surface area contributed by atoms with Crippen molar-refractivity contribution in [3.63, 3.8) is 0 Å². The highest BCUT2D eigenvalue weighted by molar-refractivity contribution is 5.99. The van der Waals surface area contributed by atoms with Crippen molar-refractivity contribution in [1.29, 1.82) is 5.41 Å². The van der Waals surface area contributed by atoms with E-state index in [1.165, 1.54) is 4.90 Å². The Morgan fingerprint density at radius 2 is 1.62 bits per heavy atom. The number of amides is 1. The summed E-state index contributed by atoms with van der Waals surface area (Å²) in [5.41, 5.74) is 7.52. The Hall–Kier alpha value is -3.94. The molecule has 0 atom stereocenters. The molecule has 3 N–H and O–H groups in total. The lowest BCUT2D eigenvalue weighted by molar-refractivity contribution is -0.147. The summed E-state index contributed by atoms with van der Waals surface area (Å²) < 4.78 is 10.3. The molecule has 0 fully saturated rings. The second-order valence-corrected chi connectivity index (χ2v) is 7.66. The van der Waals surface area contributed by atoms with Crippen LogP contribution in [0.25, 0.3) is 6.08 Å². The molecular weight excluding hydrogens is 434 g/mol. The summed E-state index contributed by atoms with van der Waals surface area (Å²) in [6.07, 6.45) is 3.39. The van der Waals surface area contributed by atoms with Crippen molar-refractivity contribution in [1.82, 2.24) is 4.90 Å². The molecule has 34 heavy (non-hydrogen) atoms. The lowest BCUT2D eigenvalue weighted by Gasteiger charge is -2.22. The molecule has 0 aromatic heterocycles. The van der Waals surface area contributed by atoms with Crippen LogP contribution in [0.1, 0.15) is 55.1 Å². The molecule has 0 saturated carbocycles. The Bertz CT molecular complexity index is 1040. The van der Waals surface area contributed by atoms with E-state index in [4.69, 9.17) is 20.6 Å². The smallest absolute Gasteiger partial charge is 0.343 e. The number of hydrogen-bond acceptors (Lipinski definition) is 6. The molecule has 0 spiro atoms. The van der Waals surface area contributed by atoms with Gasteiger partial charge in [-0.25, -0.2) is 4.79 Å². The van der Waals surface area contributed by atoms with Gasteiger partial charge in [-0.2, -0.15) is 0 Å². The van der Waals surface area contributed by atoms with Crippen molar-refractivity contribution in [2.45, 2.75) is 33.6 Å². The van der Waals surface area contributed by atoms with Gasteiger partial charge in [0.05, 0.1) is 12.2 Å². The Balaban J connectivity index is 2.07. The zero-order valence-electron chi connectivity index (χ0n) is 19.8. The molecule has 2 rings (SSSR count). The van der Waals surface area contributed by atoms with Crippen LogP contribution in [0.15, 0.2) is 54.1 Å². The van der Waals surface area contributed by atoms with Gasteiger partial charge in [-0.3, -0.25) is 15.0 Å². The average molecular weight is 466 g/mol. The number of nitrogens with zero attached hydrogens (tertiary/aromatic N) is 1. The lowest BCUT2D eigenvalue weighted by atomic mass is 10.1. The second kappa shape index (κ2) is 12.9. The van der Waals surface area contributed by atoms with Crippen LogP contribution in [0.5, 0.6) is 5.75 Å². The minimum atomic E-state index is -0.529. The largest absolute Gasteiger partial charge is 0.465 e. The number of hydrogen-bond donors (Lipinski definition) is 2. The SMILES string of the molecule is CCCCN(CC(=O)OCC)C(=O)C(C)=Cc1ccc(C(=O)Oc2ccc(C(=N)N)cc2)cc1. The molecule has 1 amide bonds. The van der Waals surface area contributed by atoms with Gasteiger partial charge in [0.25, 0.3) is 0 Å². The van der Waals surface area contributed by atoms with Crippen molar-refractivity contribution >= 4 is 29.8 Å². The molecule has 8 heteroatoms. The molecule has 0 aliphatic carbocycles. The van der Waals surface area contributed by atoms with Crippen molar-refractivity contribution in [2.75, 3.05) is 19.7 Å². The van der Waals surface area contributed by atoms with Gasteiger partial charge in [0, 0.05) is 17.7 Å². The highest BCUT2D eigenvalue weighted by Crippen LogP contribution is 2.16. The quantitative estimate of drug-likeness (QED) is 0.171. The third kappa shape index (κ3) is 7.88. The van der Waals surface area contributed by atoms with E-state index in [1.54, 1.807) is 68.5 Å². The lowest BCUT2D eigenvalue weighted by Crippen LogP contribution is -2.37. The number of esters is 2. The van der Waals surface area contributed by atoms with Crippen molar-refractivity contribution in [3.8, 4) is 5.75 Å². The standard InChI is InChI=1S/C26H31N3O5/c1-4-6-15-29(17-23(30)33-5-2)25(31)18(3)16-19-7-9-21(10-8-19)26(32)34-22-13-11-20(12-14-22)24(27)28/h7-14,16H,4-6,15,17H2,1-3H3,(H3,27,28). The molecule has 0 aliphatic heterocycles. The van der Waals surface area contributed by atoms with E-state index in [-0.39, 0.29) is 24.9 Å². The third-order valence-corrected chi connectivity index (χ3v) is 4.94. The topological polar surface area (TPSA) is 123 Å². The molecule has 0 saturated heterocycles. The minimum Gasteiger partial charge on any atom is -0.465 e. The number of nitrogens with two attached hydrogens (primary N) is 1. The highest BCUT2D eigenvalue weighted by atomic mass is 16.5. The van der Waals surface area contributed by atoms with Gasteiger partial charge in [-0.05, 0) is 68.3 Å². The Labute approximate surface area is 199 Å². The van der Waals surface area contributed by atoms with Crippen molar-refractivity contribution in [2.24, 2.45) is 5.73 Å². The maximum Gasteiger partial charge on any atom is 0.343 e. The molecule has 0 aliphatic rings. The van der Waals surface area contributed by atoms with E-state index in [1.807, 2.05) is 6.92 Å². The van der Waals surface area contributed by atoms with E-state index >= 15 is 0 Å². The fraction of sp³-hybridized carbons (Fsp3) is 0.308. The summed E-state index contributed by atoms with van der Waals surface area (Å²) >= 11 is 0. The third-order valence-electron chi connectivity index (χ3n) is 4.94.